The third kappa shape index (κ3) is 3.03. The summed E-state index contributed by atoms with van der Waals surface area (Å²) in [6, 6.07) is 0. The molecule has 0 aliphatic rings. The molecule has 0 aromatic carbocycles. The molecule has 4 nitrogen and oxygen atoms in total. The molecule has 1 atom stereocenters. The minimum Gasteiger partial charge on any atom is -0.463 e. The molecule has 0 saturated carbocycles. The zero-order valence-electron chi connectivity index (χ0n) is 4.83. The van der Waals surface area contributed by atoms with Crippen molar-refractivity contribution in [2.24, 2.45) is 5.18 Å². The predicted molar refractivity (Wildman–Crippen MR) is 32.1 cm³/mol. The number of ether oxygens (including phenoxy) is 1. The molecule has 0 rings (SSSR count). The van der Waals surface area contributed by atoms with Gasteiger partial charge in [0.2, 0.25) is 0 Å². The fourth-order valence-electron chi connectivity index (χ4n) is 0.254. The number of carbonyl (C=O) groups is 1. The predicted octanol–water partition coefficient (Wildman–Crippen LogP) is 0.881. The average Bonchev–Trinajstić information content (AvgIpc) is 1.87. The summed E-state index contributed by atoms with van der Waals surface area (Å²) in [5.41, 5.74) is -1.40. The third-order valence-corrected chi connectivity index (χ3v) is 0.831. The van der Waals surface area contributed by atoms with E-state index < -0.39 is 11.5 Å². The zero-order valence-corrected chi connectivity index (χ0v) is 5.59. The van der Waals surface area contributed by atoms with Gasteiger partial charge in [0.15, 0.2) is 0 Å². The number of alkyl halides is 1. The van der Waals surface area contributed by atoms with Gasteiger partial charge in [-0.1, -0.05) is 11.6 Å². The molecule has 0 N–H and O–H groups in total. The molecule has 9 heavy (non-hydrogen) atoms. The SMILES string of the molecule is CCOC(=O)C(Cl)N=O. The number of nitrogens with zero attached hydrogens (tertiary/aromatic N) is 1. The molecule has 0 amide bonds. The summed E-state index contributed by atoms with van der Waals surface area (Å²) in [6.45, 7) is 1.82. The number of rotatable bonds is 3. The lowest BCUT2D eigenvalue weighted by atomic mass is 10.7. The number of carbonyl (C=O) groups excluding carboxylic acids is 1. The first-order valence-corrected chi connectivity index (χ1v) is 2.79. The molecule has 0 radical (unpaired) electrons. The molecule has 52 valence electrons. The van der Waals surface area contributed by atoms with Crippen molar-refractivity contribution in [3.63, 3.8) is 0 Å². The van der Waals surface area contributed by atoms with Gasteiger partial charge in [0.25, 0.3) is 5.50 Å². The standard InChI is InChI=1S/C4H6ClNO3/c1-2-9-4(7)3(5)6-8/h3H,2H2,1H3. The fraction of sp³-hybridized carbons (Fsp3) is 0.750. The summed E-state index contributed by atoms with van der Waals surface area (Å²) in [7, 11) is 0. The second-order valence-corrected chi connectivity index (χ2v) is 1.61. The molecule has 0 aromatic rings. The molecule has 0 aliphatic heterocycles. The van der Waals surface area contributed by atoms with E-state index in [1.54, 1.807) is 6.92 Å². The van der Waals surface area contributed by atoms with Gasteiger partial charge in [-0.15, -0.1) is 4.91 Å². The van der Waals surface area contributed by atoms with Gasteiger partial charge in [0.1, 0.15) is 0 Å². The van der Waals surface area contributed by atoms with Crippen molar-refractivity contribution < 1.29 is 9.53 Å². The Hall–Kier alpha value is -0.640. The Labute approximate surface area is 57.1 Å². The van der Waals surface area contributed by atoms with E-state index in [0.29, 0.717) is 0 Å². The maximum atomic E-state index is 10.3. The second kappa shape index (κ2) is 4.26. The highest BCUT2D eigenvalue weighted by Crippen LogP contribution is 1.98. The number of halogens is 1. The van der Waals surface area contributed by atoms with Crippen molar-refractivity contribution >= 4 is 17.6 Å². The highest BCUT2D eigenvalue weighted by Gasteiger charge is 2.15. The van der Waals surface area contributed by atoms with E-state index in [0.717, 1.165) is 0 Å². The first-order chi connectivity index (χ1) is 4.22. The van der Waals surface area contributed by atoms with Crippen LogP contribution in [-0.2, 0) is 9.53 Å². The van der Waals surface area contributed by atoms with Crippen molar-refractivity contribution in [1.82, 2.24) is 0 Å². The summed E-state index contributed by atoms with van der Waals surface area (Å²) in [6.07, 6.45) is 0. The van der Waals surface area contributed by atoms with Gasteiger partial charge in [-0.05, 0) is 12.1 Å². The Balaban J connectivity index is 3.58. The topological polar surface area (TPSA) is 55.7 Å². The normalized spacial score (nSPS) is 12.2. The Bertz CT molecular complexity index is 116. The van der Waals surface area contributed by atoms with E-state index in [1.165, 1.54) is 0 Å². The summed E-state index contributed by atoms with van der Waals surface area (Å²) in [5, 5.41) is 2.25. The van der Waals surface area contributed by atoms with Gasteiger partial charge < -0.3 is 4.74 Å². The summed E-state index contributed by atoms with van der Waals surface area (Å²) < 4.78 is 4.33. The van der Waals surface area contributed by atoms with Gasteiger partial charge >= 0.3 is 5.97 Å². The van der Waals surface area contributed by atoms with Gasteiger partial charge in [-0.3, -0.25) is 0 Å². The van der Waals surface area contributed by atoms with E-state index >= 15 is 0 Å². The van der Waals surface area contributed by atoms with E-state index in [2.05, 4.69) is 9.91 Å². The van der Waals surface area contributed by atoms with Crippen molar-refractivity contribution in [3.05, 3.63) is 4.91 Å². The van der Waals surface area contributed by atoms with Crippen LogP contribution in [-0.4, -0.2) is 18.1 Å². The molecule has 0 aromatic heterocycles. The molecule has 0 saturated heterocycles. The Morgan fingerprint density at radius 3 is 2.78 bits per heavy atom. The Morgan fingerprint density at radius 2 is 2.44 bits per heavy atom. The smallest absolute Gasteiger partial charge is 0.350 e. The van der Waals surface area contributed by atoms with Gasteiger partial charge in [0.05, 0.1) is 6.61 Å². The van der Waals surface area contributed by atoms with Crippen LogP contribution in [0.5, 0.6) is 0 Å². The Morgan fingerprint density at radius 1 is 1.89 bits per heavy atom. The molecule has 0 aliphatic carbocycles. The summed E-state index contributed by atoms with van der Waals surface area (Å²) >= 11 is 5.04. The van der Waals surface area contributed by atoms with Gasteiger partial charge in [0, 0.05) is 0 Å². The molecule has 5 heteroatoms. The highest BCUT2D eigenvalue weighted by molar-refractivity contribution is 6.29. The molecule has 0 heterocycles. The van der Waals surface area contributed by atoms with Crippen LogP contribution in [0.4, 0.5) is 0 Å². The van der Waals surface area contributed by atoms with Crippen LogP contribution in [0, 0.1) is 4.91 Å². The molecule has 0 fully saturated rings. The van der Waals surface area contributed by atoms with Gasteiger partial charge in [-0.2, -0.15) is 0 Å². The van der Waals surface area contributed by atoms with Crippen LogP contribution >= 0.6 is 11.6 Å². The van der Waals surface area contributed by atoms with Crippen molar-refractivity contribution in [2.75, 3.05) is 6.61 Å². The Kier molecular flexibility index (Phi) is 3.96. The van der Waals surface area contributed by atoms with Crippen LogP contribution in [0.25, 0.3) is 0 Å². The number of nitroso groups, excluding NO2 is 1. The van der Waals surface area contributed by atoms with Crippen LogP contribution in [0.3, 0.4) is 0 Å². The van der Waals surface area contributed by atoms with Crippen molar-refractivity contribution in [2.45, 2.75) is 12.4 Å². The van der Waals surface area contributed by atoms with Crippen LogP contribution < -0.4 is 0 Å². The number of hydrogen-bond acceptors (Lipinski definition) is 4. The minimum absolute atomic E-state index is 0.206. The first-order valence-electron chi connectivity index (χ1n) is 2.35. The second-order valence-electron chi connectivity index (χ2n) is 1.19. The average molecular weight is 152 g/mol. The lowest BCUT2D eigenvalue weighted by Crippen LogP contribution is -2.14. The third-order valence-electron chi connectivity index (χ3n) is 0.574. The molecular weight excluding hydrogens is 146 g/mol. The van der Waals surface area contributed by atoms with E-state index in [4.69, 9.17) is 11.6 Å². The summed E-state index contributed by atoms with van der Waals surface area (Å²) in [5.74, 6) is -0.797. The van der Waals surface area contributed by atoms with Crippen molar-refractivity contribution in [1.29, 1.82) is 0 Å². The van der Waals surface area contributed by atoms with Crippen LogP contribution in [0.1, 0.15) is 6.92 Å². The lowest BCUT2D eigenvalue weighted by Gasteiger charge is -1.98. The van der Waals surface area contributed by atoms with E-state index in [-0.39, 0.29) is 6.61 Å². The number of esters is 1. The lowest BCUT2D eigenvalue weighted by molar-refractivity contribution is -0.142. The van der Waals surface area contributed by atoms with Crippen LogP contribution in [0.15, 0.2) is 5.18 Å². The highest BCUT2D eigenvalue weighted by atomic mass is 35.5. The van der Waals surface area contributed by atoms with Crippen LogP contribution in [0.2, 0.25) is 0 Å². The minimum atomic E-state index is -1.40. The van der Waals surface area contributed by atoms with Crippen molar-refractivity contribution in [3.8, 4) is 0 Å². The number of hydrogen-bond donors (Lipinski definition) is 0. The maximum Gasteiger partial charge on any atom is 0.350 e. The van der Waals surface area contributed by atoms with E-state index in [1.807, 2.05) is 0 Å². The molecule has 1 unspecified atom stereocenters. The fourth-order valence-corrected chi connectivity index (χ4v) is 0.317. The molecule has 0 spiro atoms. The molecular formula is C4H6ClNO3. The maximum absolute atomic E-state index is 10.3. The first kappa shape index (κ1) is 8.36. The zero-order chi connectivity index (χ0) is 7.28. The largest absolute Gasteiger partial charge is 0.463 e. The molecule has 0 bridgehead atoms. The van der Waals surface area contributed by atoms with E-state index in [9.17, 15) is 9.70 Å². The summed E-state index contributed by atoms with van der Waals surface area (Å²) in [4.78, 5) is 19.9. The van der Waals surface area contributed by atoms with Gasteiger partial charge in [-0.25, -0.2) is 4.79 Å². The quantitative estimate of drug-likeness (QED) is 0.260. The monoisotopic (exact) mass is 151 g/mol.